The summed E-state index contributed by atoms with van der Waals surface area (Å²) in [7, 11) is -0.385. The van der Waals surface area contributed by atoms with Crippen LogP contribution in [-0.2, 0) is 14.9 Å². The van der Waals surface area contributed by atoms with Gasteiger partial charge in [0.05, 0.1) is 6.61 Å². The lowest BCUT2D eigenvalue weighted by molar-refractivity contribution is 0.204. The topological polar surface area (TPSA) is 84.7 Å². The fraction of sp³-hybridized carbons (Fsp3) is 1.00. The van der Waals surface area contributed by atoms with Crippen molar-refractivity contribution < 1.29 is 13.2 Å². The molecule has 0 spiro atoms. The fourth-order valence-electron chi connectivity index (χ4n) is 0.685. The highest BCUT2D eigenvalue weighted by atomic mass is 32.2. The molecule has 0 aliphatic heterocycles. The Balaban J connectivity index is 3.92. The van der Waals surface area contributed by atoms with Crippen molar-refractivity contribution >= 4 is 10.2 Å². The molecule has 3 N–H and O–H groups in total. The van der Waals surface area contributed by atoms with E-state index in [9.17, 15) is 8.42 Å². The summed E-state index contributed by atoms with van der Waals surface area (Å²) in [6.45, 7) is 1.24. The first-order valence-electron chi connectivity index (χ1n) is 3.94. The van der Waals surface area contributed by atoms with Crippen molar-refractivity contribution in [3.8, 4) is 0 Å². The summed E-state index contributed by atoms with van der Waals surface area (Å²) in [6.07, 6.45) is 0. The molecule has 6 nitrogen and oxygen atoms in total. The molecule has 0 saturated heterocycles. The summed E-state index contributed by atoms with van der Waals surface area (Å²) in [4.78, 5) is 0. The Labute approximate surface area is 79.2 Å². The Morgan fingerprint density at radius 3 is 2.62 bits per heavy atom. The van der Waals surface area contributed by atoms with Crippen molar-refractivity contribution in [2.24, 2.45) is 5.73 Å². The fourth-order valence-corrected chi connectivity index (χ4v) is 1.59. The van der Waals surface area contributed by atoms with Gasteiger partial charge in [0.25, 0.3) is 10.2 Å². The minimum atomic E-state index is -3.37. The zero-order valence-corrected chi connectivity index (χ0v) is 8.80. The first kappa shape index (κ1) is 12.8. The summed E-state index contributed by atoms with van der Waals surface area (Å²) in [6, 6.07) is 0. The monoisotopic (exact) mass is 211 g/mol. The van der Waals surface area contributed by atoms with Crippen molar-refractivity contribution in [3.63, 3.8) is 0 Å². The molecule has 0 aromatic carbocycles. The summed E-state index contributed by atoms with van der Waals surface area (Å²) in [5, 5.41) is 0. The average molecular weight is 211 g/mol. The van der Waals surface area contributed by atoms with Gasteiger partial charge in [0, 0.05) is 33.8 Å². The molecule has 0 heterocycles. The van der Waals surface area contributed by atoms with Crippen molar-refractivity contribution in [2.75, 3.05) is 40.4 Å². The van der Waals surface area contributed by atoms with Gasteiger partial charge in [0.15, 0.2) is 0 Å². The number of hydrogen-bond donors (Lipinski definition) is 2. The zero-order valence-electron chi connectivity index (χ0n) is 7.99. The molecule has 0 saturated carbocycles. The van der Waals surface area contributed by atoms with Crippen LogP contribution in [0.4, 0.5) is 0 Å². The van der Waals surface area contributed by atoms with Crippen molar-refractivity contribution in [1.82, 2.24) is 9.03 Å². The van der Waals surface area contributed by atoms with E-state index in [1.54, 1.807) is 0 Å². The van der Waals surface area contributed by atoms with Crippen molar-refractivity contribution in [2.45, 2.75) is 0 Å². The maximum Gasteiger partial charge on any atom is 0.279 e. The molecule has 0 aromatic rings. The van der Waals surface area contributed by atoms with E-state index in [2.05, 4.69) is 4.72 Å². The van der Waals surface area contributed by atoms with E-state index in [0.29, 0.717) is 19.7 Å². The second-order valence-electron chi connectivity index (χ2n) is 2.50. The minimum Gasteiger partial charge on any atom is -0.383 e. The molecule has 0 unspecified atom stereocenters. The first-order valence-corrected chi connectivity index (χ1v) is 5.38. The van der Waals surface area contributed by atoms with Crippen LogP contribution in [0.2, 0.25) is 0 Å². The molecule has 0 aromatic heterocycles. The number of rotatable bonds is 7. The Bertz CT molecular complexity index is 217. The first-order chi connectivity index (χ1) is 6.04. The van der Waals surface area contributed by atoms with Gasteiger partial charge in [-0.3, -0.25) is 0 Å². The van der Waals surface area contributed by atoms with Crippen LogP contribution >= 0.6 is 0 Å². The summed E-state index contributed by atoms with van der Waals surface area (Å²) < 4.78 is 30.8. The normalized spacial score (nSPS) is 12.3. The highest BCUT2D eigenvalue weighted by Gasteiger charge is 2.14. The predicted molar refractivity (Wildman–Crippen MR) is 50.5 cm³/mol. The van der Waals surface area contributed by atoms with Gasteiger partial charge in [-0.05, 0) is 0 Å². The molecular weight excluding hydrogens is 194 g/mol. The smallest absolute Gasteiger partial charge is 0.279 e. The SMILES string of the molecule is COCCNS(=O)(=O)N(C)CCN. The molecule has 0 radical (unpaired) electrons. The third-order valence-electron chi connectivity index (χ3n) is 1.44. The van der Waals surface area contributed by atoms with Crippen molar-refractivity contribution in [1.29, 1.82) is 0 Å². The molecule has 0 rings (SSSR count). The van der Waals surface area contributed by atoms with Gasteiger partial charge in [-0.25, -0.2) is 0 Å². The van der Waals surface area contributed by atoms with E-state index in [4.69, 9.17) is 10.5 Å². The van der Waals surface area contributed by atoms with Gasteiger partial charge in [-0.15, -0.1) is 0 Å². The van der Waals surface area contributed by atoms with Crippen LogP contribution in [0.5, 0.6) is 0 Å². The van der Waals surface area contributed by atoms with E-state index >= 15 is 0 Å². The number of methoxy groups -OCH3 is 1. The largest absolute Gasteiger partial charge is 0.383 e. The lowest BCUT2D eigenvalue weighted by Crippen LogP contribution is -2.41. The van der Waals surface area contributed by atoms with Crippen LogP contribution in [0, 0.1) is 0 Å². The van der Waals surface area contributed by atoms with E-state index in [-0.39, 0.29) is 6.54 Å². The molecule has 0 amide bonds. The van der Waals surface area contributed by atoms with Gasteiger partial charge in [0.1, 0.15) is 0 Å². The molecular formula is C6H17N3O3S. The minimum absolute atomic E-state index is 0.272. The zero-order chi connectivity index (χ0) is 10.3. The Kier molecular flexibility index (Phi) is 6.17. The highest BCUT2D eigenvalue weighted by molar-refractivity contribution is 7.87. The van der Waals surface area contributed by atoms with Gasteiger partial charge in [-0.2, -0.15) is 17.4 Å². The molecule has 0 atom stereocenters. The van der Waals surface area contributed by atoms with E-state index in [0.717, 1.165) is 0 Å². The number of ether oxygens (including phenoxy) is 1. The van der Waals surface area contributed by atoms with Crippen LogP contribution in [0.1, 0.15) is 0 Å². The molecule has 0 aliphatic carbocycles. The van der Waals surface area contributed by atoms with Gasteiger partial charge < -0.3 is 10.5 Å². The summed E-state index contributed by atoms with van der Waals surface area (Å²) >= 11 is 0. The molecule has 0 aliphatic rings. The maximum absolute atomic E-state index is 11.3. The summed E-state index contributed by atoms with van der Waals surface area (Å²) in [5.74, 6) is 0. The third-order valence-corrected chi connectivity index (χ3v) is 3.02. The second-order valence-corrected chi connectivity index (χ2v) is 4.36. The predicted octanol–water partition coefficient (Wildman–Crippen LogP) is -1.64. The van der Waals surface area contributed by atoms with E-state index in [1.807, 2.05) is 0 Å². The number of nitrogens with one attached hydrogen (secondary N) is 1. The Morgan fingerprint density at radius 2 is 2.15 bits per heavy atom. The molecule has 7 heteroatoms. The second kappa shape index (κ2) is 6.28. The molecule has 0 fully saturated rings. The van der Waals surface area contributed by atoms with E-state index in [1.165, 1.54) is 18.5 Å². The third kappa shape index (κ3) is 5.17. The number of nitrogens with zero attached hydrogens (tertiary/aromatic N) is 1. The molecule has 0 bridgehead atoms. The number of likely N-dealkylation sites (N-methyl/N-ethyl adjacent to an activating group) is 1. The van der Waals surface area contributed by atoms with Gasteiger partial charge in [0.2, 0.25) is 0 Å². The van der Waals surface area contributed by atoms with Crippen molar-refractivity contribution in [3.05, 3.63) is 0 Å². The highest BCUT2D eigenvalue weighted by Crippen LogP contribution is 1.90. The molecule has 80 valence electrons. The number of nitrogens with two attached hydrogens (primary N) is 1. The lowest BCUT2D eigenvalue weighted by atomic mass is 10.7. The van der Waals surface area contributed by atoms with Crippen LogP contribution in [0.3, 0.4) is 0 Å². The van der Waals surface area contributed by atoms with Gasteiger partial charge in [-0.1, -0.05) is 0 Å². The van der Waals surface area contributed by atoms with Crippen LogP contribution in [0.15, 0.2) is 0 Å². The van der Waals surface area contributed by atoms with Crippen LogP contribution in [-0.4, -0.2) is 53.1 Å². The summed E-state index contributed by atoms with van der Waals surface area (Å²) in [5.41, 5.74) is 5.22. The average Bonchev–Trinajstić information content (AvgIpc) is 2.05. The van der Waals surface area contributed by atoms with Crippen LogP contribution < -0.4 is 10.5 Å². The maximum atomic E-state index is 11.3. The standard InChI is InChI=1S/C6H17N3O3S/c1-9(5-3-7)13(10,11)8-4-6-12-2/h8H,3-7H2,1-2H3. The Morgan fingerprint density at radius 1 is 1.54 bits per heavy atom. The van der Waals surface area contributed by atoms with Gasteiger partial charge >= 0.3 is 0 Å². The quantitative estimate of drug-likeness (QED) is 0.495. The number of hydrogen-bond acceptors (Lipinski definition) is 4. The molecule has 13 heavy (non-hydrogen) atoms. The Hall–Kier alpha value is -0.210. The lowest BCUT2D eigenvalue weighted by Gasteiger charge is -2.16. The van der Waals surface area contributed by atoms with Crippen LogP contribution in [0.25, 0.3) is 0 Å². The van der Waals surface area contributed by atoms with E-state index < -0.39 is 10.2 Å².